The topological polar surface area (TPSA) is 36.7 Å². The molecule has 1 aromatic heterocycles. The third-order valence-corrected chi connectivity index (χ3v) is 4.54. The molecular weight excluding hydrogens is 216 g/mol. The minimum atomic E-state index is -0.433. The van der Waals surface area contributed by atoms with Crippen LogP contribution in [0.15, 0.2) is 5.38 Å². The van der Waals surface area contributed by atoms with Crippen LogP contribution in [0.5, 0.6) is 0 Å². The van der Waals surface area contributed by atoms with Crippen molar-refractivity contribution >= 4 is 11.3 Å². The first-order valence-corrected chi connectivity index (χ1v) is 6.88. The van der Waals surface area contributed by atoms with Crippen molar-refractivity contribution in [2.24, 2.45) is 0 Å². The van der Waals surface area contributed by atoms with E-state index in [1.165, 1.54) is 37.8 Å². The monoisotopic (exact) mass is 234 g/mol. The van der Waals surface area contributed by atoms with E-state index in [0.717, 1.165) is 5.01 Å². The Morgan fingerprint density at radius 3 is 2.69 bits per heavy atom. The first-order chi connectivity index (χ1) is 7.63. The fourth-order valence-electron chi connectivity index (χ4n) is 2.21. The van der Waals surface area contributed by atoms with Crippen molar-refractivity contribution in [2.45, 2.75) is 57.3 Å². The Hall–Kier alpha value is -0.880. The van der Waals surface area contributed by atoms with E-state index >= 15 is 0 Å². The van der Waals surface area contributed by atoms with Gasteiger partial charge >= 0.3 is 0 Å². The second-order valence-corrected chi connectivity index (χ2v) is 6.01. The van der Waals surface area contributed by atoms with Crippen molar-refractivity contribution in [3.05, 3.63) is 16.1 Å². The molecule has 1 heterocycles. The second-order valence-electron chi connectivity index (χ2n) is 5.15. The summed E-state index contributed by atoms with van der Waals surface area (Å²) in [7, 11) is 0. The van der Waals surface area contributed by atoms with E-state index in [2.05, 4.69) is 16.4 Å². The third kappa shape index (κ3) is 2.27. The fourth-order valence-corrected chi connectivity index (χ4v) is 3.18. The lowest BCUT2D eigenvalue weighted by Crippen LogP contribution is -2.14. The van der Waals surface area contributed by atoms with Crippen LogP contribution >= 0.6 is 11.3 Å². The largest absolute Gasteiger partial charge is 0.244 e. The zero-order valence-corrected chi connectivity index (χ0v) is 10.8. The predicted octanol–water partition coefficient (Wildman–Crippen LogP) is 3.99. The van der Waals surface area contributed by atoms with Crippen LogP contribution in [0.1, 0.15) is 62.6 Å². The molecule has 1 aliphatic rings. The summed E-state index contributed by atoms with van der Waals surface area (Å²) in [6.45, 7) is 3.88. The molecule has 0 spiro atoms. The molecule has 0 N–H and O–H groups in total. The average Bonchev–Trinajstić information content (AvgIpc) is 2.80. The van der Waals surface area contributed by atoms with Gasteiger partial charge in [-0.25, -0.2) is 4.98 Å². The highest BCUT2D eigenvalue weighted by molar-refractivity contribution is 7.09. The van der Waals surface area contributed by atoms with E-state index in [4.69, 9.17) is 5.26 Å². The second kappa shape index (κ2) is 4.55. The summed E-state index contributed by atoms with van der Waals surface area (Å²) in [5.74, 6) is 0.647. The lowest BCUT2D eigenvalue weighted by atomic mass is 9.87. The summed E-state index contributed by atoms with van der Waals surface area (Å²) in [6.07, 6.45) is 6.59. The van der Waals surface area contributed by atoms with Gasteiger partial charge in [0.1, 0.15) is 10.4 Å². The molecule has 86 valence electrons. The van der Waals surface area contributed by atoms with Crippen LogP contribution in [0.25, 0.3) is 0 Å². The number of hydrogen-bond donors (Lipinski definition) is 0. The van der Waals surface area contributed by atoms with Crippen LogP contribution in [0.4, 0.5) is 0 Å². The average molecular weight is 234 g/mol. The Balaban J connectivity index is 2.16. The molecule has 1 aliphatic carbocycles. The molecule has 0 aromatic carbocycles. The summed E-state index contributed by atoms with van der Waals surface area (Å²) in [5, 5.41) is 12.2. The quantitative estimate of drug-likeness (QED) is 0.775. The van der Waals surface area contributed by atoms with Gasteiger partial charge in [0.05, 0.1) is 11.8 Å². The summed E-state index contributed by atoms with van der Waals surface area (Å²) < 4.78 is 0. The van der Waals surface area contributed by atoms with E-state index < -0.39 is 5.41 Å². The number of rotatable bonds is 2. The van der Waals surface area contributed by atoms with Crippen molar-refractivity contribution in [3.8, 4) is 6.07 Å². The summed E-state index contributed by atoms with van der Waals surface area (Å²) in [5.41, 5.74) is 0.792. The third-order valence-electron chi connectivity index (χ3n) is 3.36. The van der Waals surface area contributed by atoms with Crippen molar-refractivity contribution in [1.29, 1.82) is 5.26 Å². The maximum Gasteiger partial charge on any atom is 0.113 e. The minimum absolute atomic E-state index is 0.433. The number of nitrogens with zero attached hydrogens (tertiary/aromatic N) is 2. The molecule has 0 atom stereocenters. The summed E-state index contributed by atoms with van der Waals surface area (Å²) in [4.78, 5) is 4.67. The molecule has 0 bridgehead atoms. The van der Waals surface area contributed by atoms with Gasteiger partial charge in [0.25, 0.3) is 0 Å². The maximum atomic E-state index is 9.08. The van der Waals surface area contributed by atoms with Crippen LogP contribution in [0.2, 0.25) is 0 Å². The Bertz CT molecular complexity index is 394. The van der Waals surface area contributed by atoms with E-state index in [1.54, 1.807) is 11.3 Å². The molecule has 0 saturated heterocycles. The normalized spacial score (nSPS) is 18.3. The Kier molecular flexibility index (Phi) is 3.30. The molecular formula is C13H18N2S. The Labute approximate surface area is 101 Å². The van der Waals surface area contributed by atoms with Crippen LogP contribution in [0, 0.1) is 11.3 Å². The number of thiazole rings is 1. The van der Waals surface area contributed by atoms with Gasteiger partial charge in [-0.1, -0.05) is 19.3 Å². The van der Waals surface area contributed by atoms with Gasteiger partial charge in [-0.2, -0.15) is 5.26 Å². The zero-order valence-electron chi connectivity index (χ0n) is 9.99. The smallest absolute Gasteiger partial charge is 0.113 e. The van der Waals surface area contributed by atoms with Crippen molar-refractivity contribution in [3.63, 3.8) is 0 Å². The van der Waals surface area contributed by atoms with Crippen molar-refractivity contribution in [1.82, 2.24) is 4.98 Å². The highest BCUT2D eigenvalue weighted by atomic mass is 32.1. The van der Waals surface area contributed by atoms with Crippen LogP contribution in [-0.2, 0) is 5.41 Å². The van der Waals surface area contributed by atoms with Crippen LogP contribution in [-0.4, -0.2) is 4.98 Å². The van der Waals surface area contributed by atoms with Gasteiger partial charge in [-0.05, 0) is 26.7 Å². The van der Waals surface area contributed by atoms with Crippen molar-refractivity contribution in [2.75, 3.05) is 0 Å². The zero-order chi connectivity index (χ0) is 11.6. The lowest BCUT2D eigenvalue weighted by Gasteiger charge is -2.19. The highest BCUT2D eigenvalue weighted by Crippen LogP contribution is 2.35. The summed E-state index contributed by atoms with van der Waals surface area (Å²) >= 11 is 1.64. The van der Waals surface area contributed by atoms with Crippen LogP contribution in [0.3, 0.4) is 0 Å². The Morgan fingerprint density at radius 2 is 2.06 bits per heavy atom. The molecule has 0 amide bonds. The van der Waals surface area contributed by atoms with Gasteiger partial charge < -0.3 is 0 Å². The van der Waals surface area contributed by atoms with Gasteiger partial charge in [0.15, 0.2) is 0 Å². The molecule has 1 fully saturated rings. The van der Waals surface area contributed by atoms with E-state index in [-0.39, 0.29) is 0 Å². The highest BCUT2D eigenvalue weighted by Gasteiger charge is 2.26. The molecule has 0 aliphatic heterocycles. The Morgan fingerprint density at radius 1 is 1.38 bits per heavy atom. The molecule has 0 unspecified atom stereocenters. The van der Waals surface area contributed by atoms with E-state index in [0.29, 0.717) is 5.92 Å². The fraction of sp³-hybridized carbons (Fsp3) is 0.692. The molecule has 0 radical (unpaired) electrons. The van der Waals surface area contributed by atoms with Gasteiger partial charge in [0, 0.05) is 11.3 Å². The van der Waals surface area contributed by atoms with Crippen molar-refractivity contribution < 1.29 is 0 Å². The number of hydrogen-bond acceptors (Lipinski definition) is 3. The molecule has 16 heavy (non-hydrogen) atoms. The molecule has 1 aromatic rings. The first kappa shape index (κ1) is 11.6. The number of aromatic nitrogens is 1. The first-order valence-electron chi connectivity index (χ1n) is 6.00. The molecule has 2 nitrogen and oxygen atoms in total. The standard InChI is InChI=1S/C13H18N2S/c1-13(2,9-14)12-15-11(8-16-12)10-6-4-3-5-7-10/h8,10H,3-7H2,1-2H3. The molecule has 1 saturated carbocycles. The van der Waals surface area contributed by atoms with Gasteiger partial charge in [-0.3, -0.25) is 0 Å². The van der Waals surface area contributed by atoms with Gasteiger partial charge in [-0.15, -0.1) is 11.3 Å². The number of nitriles is 1. The molecule has 3 heteroatoms. The van der Waals surface area contributed by atoms with Crippen LogP contribution < -0.4 is 0 Å². The van der Waals surface area contributed by atoms with Gasteiger partial charge in [0.2, 0.25) is 0 Å². The maximum absolute atomic E-state index is 9.08. The SMILES string of the molecule is CC(C)(C#N)c1nc(C2CCCCC2)cs1. The van der Waals surface area contributed by atoms with E-state index in [9.17, 15) is 0 Å². The van der Waals surface area contributed by atoms with E-state index in [1.807, 2.05) is 13.8 Å². The predicted molar refractivity (Wildman–Crippen MR) is 66.6 cm³/mol. The minimum Gasteiger partial charge on any atom is -0.244 e. The lowest BCUT2D eigenvalue weighted by molar-refractivity contribution is 0.436. The molecule has 2 rings (SSSR count). The summed E-state index contributed by atoms with van der Waals surface area (Å²) in [6, 6.07) is 2.32.